The molecule has 8 rings (SSSR count). The number of hydrogen-bond donors (Lipinski definition) is 0. The molecule has 0 spiro atoms. The van der Waals surface area contributed by atoms with Crippen LogP contribution < -0.4 is 0 Å². The number of hydrogen-bond acceptors (Lipinski definition) is 0. The molecular weight excluding hydrogens is 1060 g/mol. The first-order valence-electron chi connectivity index (χ1n) is 35.9. The fourth-order valence-electron chi connectivity index (χ4n) is 18.2. The summed E-state index contributed by atoms with van der Waals surface area (Å²) in [6.45, 7) is 71.8. The molecule has 0 aromatic rings. The highest BCUT2D eigenvalue weighted by Crippen LogP contribution is 2.54. The van der Waals surface area contributed by atoms with E-state index in [1.165, 1.54) is 205 Å². The van der Waals surface area contributed by atoms with E-state index in [9.17, 15) is 0 Å². The van der Waals surface area contributed by atoms with Crippen molar-refractivity contribution in [1.82, 2.24) is 0 Å². The SMILES string of the molecule is C.C.C.C.C.C.C.C.CC(C)C1CCC(C)(C)CC1.CC1(C)CC(C)(C)CC(C)(C)C1.CC1(C)CCC(C(C)(C)C)CC1.CC1(C)CCCC(C)(C)C1.CC1(C)CCCCC1.CC1CCC(C)(C)CC1.CC1CCCC(C)(C)C1.C[C@@H]1CCCC(C)(C)C1. The molecule has 0 nitrogen and oxygen atoms in total. The van der Waals surface area contributed by atoms with Crippen molar-refractivity contribution in [3.63, 3.8) is 0 Å². The molecule has 0 radical (unpaired) electrons. The molecule has 88 heavy (non-hydrogen) atoms. The van der Waals surface area contributed by atoms with Crippen LogP contribution in [0.4, 0.5) is 0 Å². The summed E-state index contributed by atoms with van der Waals surface area (Å²) in [4.78, 5) is 0. The van der Waals surface area contributed by atoms with Crippen molar-refractivity contribution >= 4 is 0 Å². The molecule has 0 amide bonds. The van der Waals surface area contributed by atoms with Crippen molar-refractivity contribution in [3.8, 4) is 0 Å². The summed E-state index contributed by atoms with van der Waals surface area (Å²) in [7, 11) is 0. The molecule has 0 N–H and O–H groups in total. The smallest absolute Gasteiger partial charge is 0.0344 e. The summed E-state index contributed by atoms with van der Waals surface area (Å²) in [5, 5.41) is 0. The number of rotatable bonds is 1. The highest BCUT2D eigenvalue weighted by molar-refractivity contribution is 4.93. The second kappa shape index (κ2) is 43.2. The molecule has 8 fully saturated rings. The Labute approximate surface area is 570 Å². The van der Waals surface area contributed by atoms with Gasteiger partial charge in [0.15, 0.2) is 0 Å². The van der Waals surface area contributed by atoms with Gasteiger partial charge in [0.1, 0.15) is 0 Å². The molecule has 0 heteroatoms. The van der Waals surface area contributed by atoms with Gasteiger partial charge in [0.25, 0.3) is 0 Å². The van der Waals surface area contributed by atoms with E-state index in [1.807, 2.05) is 0 Å². The van der Waals surface area contributed by atoms with Crippen molar-refractivity contribution in [3.05, 3.63) is 0 Å². The topological polar surface area (TPSA) is 0 Å². The summed E-state index contributed by atoms with van der Waals surface area (Å²) >= 11 is 0. The van der Waals surface area contributed by atoms with Crippen LogP contribution in [0.25, 0.3) is 0 Å². The molecular formula is C88H192. The molecule has 0 saturated heterocycles. The van der Waals surface area contributed by atoms with Crippen LogP contribution >= 0.6 is 0 Å². The van der Waals surface area contributed by atoms with Gasteiger partial charge in [-0.1, -0.05) is 331 Å². The average Bonchev–Trinajstić information content (AvgIpc) is 3.22. The average molecular weight is 1250 g/mol. The Morgan fingerprint density at radius 1 is 0.250 bits per heavy atom. The molecule has 1 unspecified atom stereocenters. The van der Waals surface area contributed by atoms with E-state index in [1.54, 1.807) is 0 Å². The summed E-state index contributed by atoms with van der Waals surface area (Å²) in [5.41, 5.74) is 7.31. The van der Waals surface area contributed by atoms with Gasteiger partial charge in [-0.25, -0.2) is 0 Å². The second-order valence-electron chi connectivity index (χ2n) is 40.7. The van der Waals surface area contributed by atoms with Crippen LogP contribution in [0, 0.1) is 100 Å². The first-order chi connectivity index (χ1) is 35.9. The standard InChI is InChI=1S/2C12H24.C11H22.C10H20.3C9H18.C8H16.8CH4/c1-10(2)7-11(3,4)9-12(5,6)8-10;1-11(2,3)10-6-8-12(4,5)9-7-10;1-9(2)10-5-7-11(3,4)8-6-10;1-9(2)6-5-7-10(3,4)8-9;1-8-4-6-9(2,3)7-5-8;2*1-8-5-4-6-9(2,3)7-8;1-8(2)6-4-3-5-7-8;;;;;;;;/h7-9H2,1-6H3;10H,6-9H2,1-5H3;9-10H,5-8H2,1-4H3;5-8H2,1-4H3;3*8H,4-7H2,1-3H3;3-7H2,1-2H3;8*1H4/t;;;;;8-;;;;;;;;;;/m.....1........../s1. The normalized spacial score (nSPS) is 26.9. The molecule has 544 valence electrons. The molecule has 0 aliphatic heterocycles. The minimum absolute atomic E-state index is 0. The molecule has 8 aliphatic carbocycles. The van der Waals surface area contributed by atoms with Crippen LogP contribution in [0.5, 0.6) is 0 Å². The van der Waals surface area contributed by atoms with Crippen LogP contribution in [0.3, 0.4) is 0 Å². The fourth-order valence-corrected chi connectivity index (χ4v) is 18.2. The lowest BCUT2D eigenvalue weighted by atomic mass is 9.56. The minimum Gasteiger partial charge on any atom is -0.0776 e. The van der Waals surface area contributed by atoms with Gasteiger partial charge in [-0.15, -0.1) is 0 Å². The van der Waals surface area contributed by atoms with E-state index in [0.29, 0.717) is 65.0 Å². The zero-order chi connectivity index (χ0) is 62.1. The predicted octanol–water partition coefficient (Wildman–Crippen LogP) is 33.7. The highest BCUT2D eigenvalue weighted by atomic mass is 14.5. The van der Waals surface area contributed by atoms with E-state index in [2.05, 4.69) is 208 Å². The molecule has 0 aromatic heterocycles. The van der Waals surface area contributed by atoms with Crippen molar-refractivity contribution in [2.45, 2.75) is 473 Å². The third-order valence-corrected chi connectivity index (χ3v) is 22.2. The largest absolute Gasteiger partial charge is 0.0776 e. The third kappa shape index (κ3) is 49.5. The monoisotopic (exact) mass is 1250 g/mol. The Hall–Kier alpha value is 0. The van der Waals surface area contributed by atoms with Crippen LogP contribution in [-0.4, -0.2) is 0 Å². The quantitative estimate of drug-likeness (QED) is 0.245. The fraction of sp³-hybridized carbons (Fsp3) is 1.00. The molecule has 0 aromatic carbocycles. The maximum absolute atomic E-state index is 2.41. The van der Waals surface area contributed by atoms with Crippen LogP contribution in [0.15, 0.2) is 0 Å². The van der Waals surface area contributed by atoms with E-state index in [4.69, 9.17) is 0 Å². The summed E-state index contributed by atoms with van der Waals surface area (Å²) in [5.74, 6) is 5.85. The molecule has 8 saturated carbocycles. The molecule has 8 aliphatic rings. The molecule has 0 heterocycles. The Balaban J connectivity index is -0.000000137. The van der Waals surface area contributed by atoms with Gasteiger partial charge >= 0.3 is 0 Å². The zero-order valence-electron chi connectivity index (χ0n) is 62.1. The summed E-state index contributed by atoms with van der Waals surface area (Å²) in [6, 6.07) is 0. The van der Waals surface area contributed by atoms with Crippen LogP contribution in [-0.2, 0) is 0 Å². The Morgan fingerprint density at radius 3 is 0.705 bits per heavy atom. The highest BCUT2D eigenvalue weighted by Gasteiger charge is 2.42. The van der Waals surface area contributed by atoms with E-state index in [0.717, 1.165) is 35.5 Å². The maximum atomic E-state index is 2.41. The van der Waals surface area contributed by atoms with Gasteiger partial charge in [-0.05, 0) is 242 Å². The second-order valence-corrected chi connectivity index (χ2v) is 40.7. The lowest BCUT2D eigenvalue weighted by molar-refractivity contribution is 0.0203. The van der Waals surface area contributed by atoms with E-state index < -0.39 is 0 Å². The van der Waals surface area contributed by atoms with Crippen molar-refractivity contribution in [2.75, 3.05) is 0 Å². The Kier molecular flexibility index (Phi) is 51.1. The minimum atomic E-state index is 0. The van der Waals surface area contributed by atoms with Gasteiger partial charge < -0.3 is 0 Å². The van der Waals surface area contributed by atoms with Gasteiger partial charge in [-0.3, -0.25) is 0 Å². The van der Waals surface area contributed by atoms with Crippen molar-refractivity contribution in [1.29, 1.82) is 0 Å². The van der Waals surface area contributed by atoms with E-state index >= 15 is 0 Å². The zero-order valence-corrected chi connectivity index (χ0v) is 62.1. The Bertz CT molecular complexity index is 1510. The van der Waals surface area contributed by atoms with Crippen molar-refractivity contribution < 1.29 is 0 Å². The van der Waals surface area contributed by atoms with Crippen LogP contribution in [0.1, 0.15) is 473 Å². The van der Waals surface area contributed by atoms with E-state index in [-0.39, 0.29) is 59.4 Å². The third-order valence-electron chi connectivity index (χ3n) is 22.2. The molecule has 2 atom stereocenters. The van der Waals surface area contributed by atoms with Gasteiger partial charge in [0.05, 0.1) is 0 Å². The van der Waals surface area contributed by atoms with Gasteiger partial charge in [-0.2, -0.15) is 0 Å². The molecule has 0 bridgehead atoms. The predicted molar refractivity (Wildman–Crippen MR) is 422 cm³/mol. The first kappa shape index (κ1) is 104. The maximum Gasteiger partial charge on any atom is -0.0344 e. The lowest BCUT2D eigenvalue weighted by Crippen LogP contribution is -2.38. The first-order valence-corrected chi connectivity index (χ1v) is 35.9. The van der Waals surface area contributed by atoms with Gasteiger partial charge in [0, 0.05) is 0 Å². The van der Waals surface area contributed by atoms with Crippen LogP contribution in [0.2, 0.25) is 0 Å². The summed E-state index contributed by atoms with van der Waals surface area (Å²) in [6.07, 6.45) is 46.0. The van der Waals surface area contributed by atoms with Crippen molar-refractivity contribution in [2.24, 2.45) is 100 Å². The lowest BCUT2D eigenvalue weighted by Gasteiger charge is -2.49. The summed E-state index contributed by atoms with van der Waals surface area (Å²) < 4.78 is 0. The Morgan fingerprint density at radius 2 is 0.500 bits per heavy atom. The van der Waals surface area contributed by atoms with Gasteiger partial charge in [0.2, 0.25) is 0 Å².